The van der Waals surface area contributed by atoms with E-state index in [1.54, 1.807) is 5.38 Å². The van der Waals surface area contributed by atoms with Gasteiger partial charge in [0.2, 0.25) is 0 Å². The van der Waals surface area contributed by atoms with E-state index in [1.807, 2.05) is 0 Å². The third-order valence-corrected chi connectivity index (χ3v) is 7.28. The topological polar surface area (TPSA) is 97.5 Å². The zero-order valence-corrected chi connectivity index (χ0v) is 13.5. The minimum absolute atomic E-state index is 0.00347. The molecule has 1 aliphatic rings. The maximum atomic E-state index is 12.5. The molecule has 1 aliphatic heterocycles. The van der Waals surface area contributed by atoms with Crippen molar-refractivity contribution < 1.29 is 18.0 Å². The van der Waals surface area contributed by atoms with E-state index in [-0.39, 0.29) is 25.3 Å². The maximum Gasteiger partial charge on any atom is 0.284 e. The lowest BCUT2D eigenvalue weighted by atomic mass is 10.1. The molecule has 0 saturated carbocycles. The summed E-state index contributed by atoms with van der Waals surface area (Å²) in [5, 5.41) is 1.55. The van der Waals surface area contributed by atoms with E-state index in [0.717, 1.165) is 11.3 Å². The maximum absolute atomic E-state index is 12.5. The molecule has 3 rings (SSSR count). The average Bonchev–Trinajstić information content (AvgIpc) is 2.94. The summed E-state index contributed by atoms with van der Waals surface area (Å²) < 4.78 is 25.6. The average molecular weight is 387 g/mol. The number of fused-ring (bicyclic) bond motifs is 1. The highest BCUT2D eigenvalue weighted by atomic mass is 79.9. The summed E-state index contributed by atoms with van der Waals surface area (Å²) in [4.78, 5) is 24.6. The van der Waals surface area contributed by atoms with Gasteiger partial charge in [0.15, 0.2) is 4.21 Å². The van der Waals surface area contributed by atoms with Crippen LogP contribution in [0.1, 0.15) is 20.7 Å². The Bertz CT molecular complexity index is 888. The highest BCUT2D eigenvalue weighted by molar-refractivity contribution is 9.10. The van der Waals surface area contributed by atoms with Gasteiger partial charge in [-0.05, 0) is 39.5 Å². The number of halogens is 1. The van der Waals surface area contributed by atoms with Gasteiger partial charge in [-0.25, -0.2) is 0 Å². The zero-order chi connectivity index (χ0) is 15.4. The van der Waals surface area contributed by atoms with Crippen LogP contribution in [0.25, 0.3) is 0 Å². The van der Waals surface area contributed by atoms with Gasteiger partial charge in [-0.2, -0.15) is 12.7 Å². The van der Waals surface area contributed by atoms with Crippen LogP contribution in [0.4, 0.5) is 5.69 Å². The summed E-state index contributed by atoms with van der Waals surface area (Å²) in [5.74, 6) is -1.81. The molecule has 2 aromatic rings. The lowest BCUT2D eigenvalue weighted by Crippen LogP contribution is -2.35. The molecule has 0 unspecified atom stereocenters. The smallest absolute Gasteiger partial charge is 0.284 e. The first kappa shape index (κ1) is 14.2. The van der Waals surface area contributed by atoms with Gasteiger partial charge in [-0.15, -0.1) is 11.3 Å². The Morgan fingerprint density at radius 1 is 1.14 bits per heavy atom. The fraction of sp³-hybridized carbons (Fsp3) is 0. The molecule has 2 N–H and O–H groups in total. The number of thiophene rings is 1. The monoisotopic (exact) mass is 386 g/mol. The first-order chi connectivity index (χ1) is 9.85. The highest BCUT2D eigenvalue weighted by Gasteiger charge is 2.46. The van der Waals surface area contributed by atoms with Crippen LogP contribution in [0.2, 0.25) is 0 Å². The van der Waals surface area contributed by atoms with Crippen molar-refractivity contribution in [2.45, 2.75) is 4.21 Å². The second kappa shape index (κ2) is 4.65. The van der Waals surface area contributed by atoms with Gasteiger partial charge < -0.3 is 5.73 Å². The van der Waals surface area contributed by atoms with Crippen LogP contribution in [-0.4, -0.2) is 24.5 Å². The van der Waals surface area contributed by atoms with Crippen LogP contribution < -0.4 is 5.73 Å². The van der Waals surface area contributed by atoms with Gasteiger partial charge in [0, 0.05) is 10.2 Å². The number of imide groups is 1. The van der Waals surface area contributed by atoms with Crippen LogP contribution >= 0.6 is 27.3 Å². The fourth-order valence-electron chi connectivity index (χ4n) is 2.06. The molecule has 2 heterocycles. The molecular formula is C12H7BrN2O4S2. The molecule has 0 saturated heterocycles. The second-order valence-corrected chi connectivity index (χ2v) is 7.96. The normalized spacial score (nSPS) is 14.6. The Kier molecular flexibility index (Phi) is 3.15. The quantitative estimate of drug-likeness (QED) is 0.629. The molecule has 0 atom stereocenters. The predicted octanol–water partition coefficient (Wildman–Crippen LogP) is 2.08. The van der Waals surface area contributed by atoms with Crippen molar-refractivity contribution in [1.29, 1.82) is 0 Å². The third kappa shape index (κ3) is 1.92. The number of hydrogen-bond donors (Lipinski definition) is 1. The number of hydrogen-bond acceptors (Lipinski definition) is 6. The molecule has 1 aromatic heterocycles. The van der Waals surface area contributed by atoms with Crippen molar-refractivity contribution in [3.05, 3.63) is 45.2 Å². The molecule has 0 radical (unpaired) electrons. The second-order valence-electron chi connectivity index (χ2n) is 4.21. The van der Waals surface area contributed by atoms with Crippen molar-refractivity contribution in [3.8, 4) is 0 Å². The van der Waals surface area contributed by atoms with E-state index in [2.05, 4.69) is 15.9 Å². The van der Waals surface area contributed by atoms with E-state index >= 15 is 0 Å². The van der Waals surface area contributed by atoms with Gasteiger partial charge in [0.1, 0.15) is 0 Å². The molecule has 0 spiro atoms. The Morgan fingerprint density at radius 3 is 2.43 bits per heavy atom. The number of nitrogens with two attached hydrogens (primary N) is 1. The van der Waals surface area contributed by atoms with Gasteiger partial charge in [-0.3, -0.25) is 9.59 Å². The highest BCUT2D eigenvalue weighted by Crippen LogP contribution is 2.36. The summed E-state index contributed by atoms with van der Waals surface area (Å²) in [6.45, 7) is 0. The predicted molar refractivity (Wildman–Crippen MR) is 80.6 cm³/mol. The van der Waals surface area contributed by atoms with Crippen molar-refractivity contribution >= 4 is 54.8 Å². The van der Waals surface area contributed by atoms with Gasteiger partial charge in [0.05, 0.1) is 11.1 Å². The SMILES string of the molecule is Nc1cccc2c1C(=O)N(S(=O)(=O)c1sccc1Br)C2=O. The summed E-state index contributed by atoms with van der Waals surface area (Å²) in [6.07, 6.45) is 0. The lowest BCUT2D eigenvalue weighted by Gasteiger charge is -2.13. The number of sulfonamides is 1. The lowest BCUT2D eigenvalue weighted by molar-refractivity contribution is 0.0766. The molecular weight excluding hydrogens is 380 g/mol. The molecule has 0 fully saturated rings. The third-order valence-electron chi connectivity index (χ3n) is 2.97. The molecule has 0 aliphatic carbocycles. The first-order valence-electron chi connectivity index (χ1n) is 5.61. The molecule has 0 bridgehead atoms. The number of carbonyl (C=O) groups excluding carboxylic acids is 2. The van der Waals surface area contributed by atoms with E-state index in [4.69, 9.17) is 5.73 Å². The summed E-state index contributed by atoms with van der Waals surface area (Å²) in [6, 6.07) is 5.85. The molecule has 21 heavy (non-hydrogen) atoms. The Morgan fingerprint density at radius 2 is 1.86 bits per heavy atom. The van der Waals surface area contributed by atoms with Crippen LogP contribution in [0.15, 0.2) is 38.3 Å². The van der Waals surface area contributed by atoms with Crippen LogP contribution in [0.3, 0.4) is 0 Å². The number of carbonyl (C=O) groups is 2. The number of rotatable bonds is 2. The van der Waals surface area contributed by atoms with Gasteiger partial charge in [-0.1, -0.05) is 6.07 Å². The van der Waals surface area contributed by atoms with E-state index < -0.39 is 21.8 Å². The summed E-state index contributed by atoms with van der Waals surface area (Å²) >= 11 is 4.01. The van der Waals surface area contributed by atoms with Gasteiger partial charge >= 0.3 is 0 Å². The number of nitrogens with zero attached hydrogens (tertiary/aromatic N) is 1. The molecule has 6 nitrogen and oxygen atoms in total. The Hall–Kier alpha value is -1.71. The first-order valence-corrected chi connectivity index (χ1v) is 8.72. The number of benzene rings is 1. The number of nitrogen functional groups attached to an aromatic ring is 1. The molecule has 9 heteroatoms. The van der Waals surface area contributed by atoms with E-state index in [1.165, 1.54) is 24.3 Å². The van der Waals surface area contributed by atoms with Gasteiger partial charge in [0.25, 0.3) is 21.8 Å². The van der Waals surface area contributed by atoms with Crippen molar-refractivity contribution in [3.63, 3.8) is 0 Å². The molecule has 108 valence electrons. The standard InChI is InChI=1S/C12H7BrN2O4S2/c13-7-4-5-20-12(7)21(18,19)15-10(16)6-2-1-3-8(14)9(6)11(15)17/h1-5H,14H2. The number of anilines is 1. The van der Waals surface area contributed by atoms with E-state index in [0.29, 0.717) is 4.47 Å². The summed E-state index contributed by atoms with van der Waals surface area (Å²) in [5.41, 5.74) is 5.68. The largest absolute Gasteiger partial charge is 0.398 e. The van der Waals surface area contributed by atoms with Crippen LogP contribution in [0.5, 0.6) is 0 Å². The molecule has 2 amide bonds. The zero-order valence-electron chi connectivity index (χ0n) is 10.2. The van der Waals surface area contributed by atoms with Crippen molar-refractivity contribution in [1.82, 2.24) is 4.31 Å². The van der Waals surface area contributed by atoms with Crippen molar-refractivity contribution in [2.24, 2.45) is 0 Å². The van der Waals surface area contributed by atoms with Crippen molar-refractivity contribution in [2.75, 3.05) is 5.73 Å². The van der Waals surface area contributed by atoms with E-state index in [9.17, 15) is 18.0 Å². The Balaban J connectivity index is 2.19. The minimum Gasteiger partial charge on any atom is -0.398 e. The fourth-order valence-corrected chi connectivity index (χ4v) is 5.75. The molecule has 1 aromatic carbocycles. The summed E-state index contributed by atoms with van der Waals surface area (Å²) in [7, 11) is -4.26. The van der Waals surface area contributed by atoms with Crippen LogP contribution in [-0.2, 0) is 10.0 Å². The Labute approximate surface area is 132 Å². The minimum atomic E-state index is -4.26. The number of amides is 2. The van der Waals surface area contributed by atoms with Crippen LogP contribution in [0, 0.1) is 0 Å².